The third-order valence-corrected chi connectivity index (χ3v) is 15.7. The minimum atomic E-state index is -10.3. The van der Waals surface area contributed by atoms with Gasteiger partial charge in [-0.2, -0.15) is 0 Å². The van der Waals surface area contributed by atoms with Gasteiger partial charge in [-0.15, -0.1) is 0 Å². The van der Waals surface area contributed by atoms with Gasteiger partial charge in [-0.3, -0.25) is 0 Å². The average molecular weight is 759 g/mol. The molecule has 0 fully saturated rings. The van der Waals surface area contributed by atoms with Gasteiger partial charge in [-0.1, -0.05) is 0 Å². The van der Waals surface area contributed by atoms with Crippen molar-refractivity contribution in [1.82, 2.24) is 0 Å². The zero-order chi connectivity index (χ0) is 33.0. The van der Waals surface area contributed by atoms with Gasteiger partial charge in [0.1, 0.15) is 0 Å². The second kappa shape index (κ2) is 13.6. The van der Waals surface area contributed by atoms with Crippen LogP contribution in [0.25, 0.3) is 0 Å². The summed E-state index contributed by atoms with van der Waals surface area (Å²) >= 11 is -10.3. The maximum absolute atomic E-state index is 15.2. The molecule has 2 nitrogen and oxygen atoms in total. The fourth-order valence-corrected chi connectivity index (χ4v) is 12.4. The molecule has 0 aromatic heterocycles. The summed E-state index contributed by atoms with van der Waals surface area (Å²) in [5.41, 5.74) is 0. The van der Waals surface area contributed by atoms with E-state index in [1.807, 2.05) is 0 Å². The second-order valence-electron chi connectivity index (χ2n) is 8.88. The molecule has 41 heavy (non-hydrogen) atoms. The molecule has 0 amide bonds. The monoisotopic (exact) mass is 760 g/mol. The summed E-state index contributed by atoms with van der Waals surface area (Å²) in [6.45, 7) is -0.744. The van der Waals surface area contributed by atoms with Crippen LogP contribution in [0.1, 0.15) is 65.2 Å². The maximum atomic E-state index is 15.2. The molecular weight excluding hydrogens is 733 g/mol. The molecule has 0 aliphatic carbocycles. The summed E-state index contributed by atoms with van der Waals surface area (Å²) < 4.78 is 241. The van der Waals surface area contributed by atoms with Crippen molar-refractivity contribution in [1.29, 1.82) is 0 Å². The molecule has 0 aliphatic heterocycles. The third-order valence-electron chi connectivity index (χ3n) is 5.72. The van der Waals surface area contributed by atoms with Crippen LogP contribution < -0.4 is 0 Å². The molecule has 0 unspecified atom stereocenters. The molecular formula is C20H26F18O2Sn. The standard InChI is InChI=1S/2C6H13O.2C4F9.Sn/c2*1-2-3-4-5-6-7;2*5-1(6)2(7,8)3(9,10)4(11,12)13;/h2*2-6H2,1H3;;;/q2*-1;;;+2. The van der Waals surface area contributed by atoms with E-state index in [9.17, 15) is 61.5 Å². The zero-order valence-electron chi connectivity index (χ0n) is 21.2. The van der Waals surface area contributed by atoms with Crippen LogP contribution in [-0.2, 0) is 6.15 Å². The summed E-state index contributed by atoms with van der Waals surface area (Å²) in [4.78, 5) is 0. The Kier molecular flexibility index (Phi) is 13.4. The Bertz CT molecular complexity index is 743. The number of unbranched alkanes of at least 4 members (excludes halogenated alkanes) is 6. The number of alkyl halides is 18. The summed E-state index contributed by atoms with van der Waals surface area (Å²) in [7, 11) is 0. The Morgan fingerprint density at radius 3 is 0.878 bits per heavy atom. The van der Waals surface area contributed by atoms with Gasteiger partial charge in [0.25, 0.3) is 0 Å². The number of hydrogen-bond acceptors (Lipinski definition) is 2. The van der Waals surface area contributed by atoms with Crippen LogP contribution in [-0.4, -0.2) is 76.3 Å². The molecule has 0 heterocycles. The molecule has 0 aromatic carbocycles. The van der Waals surface area contributed by atoms with Crippen LogP contribution in [0.3, 0.4) is 0 Å². The fourth-order valence-electron chi connectivity index (χ4n) is 3.25. The van der Waals surface area contributed by atoms with Gasteiger partial charge < -0.3 is 0 Å². The van der Waals surface area contributed by atoms with Crippen LogP contribution in [0.4, 0.5) is 79.0 Å². The fraction of sp³-hybridized carbons (Fsp3) is 1.00. The molecule has 0 N–H and O–H groups in total. The van der Waals surface area contributed by atoms with Crippen LogP contribution in [0.15, 0.2) is 0 Å². The first-order valence-electron chi connectivity index (χ1n) is 11.8. The first-order valence-corrected chi connectivity index (χ1v) is 17.0. The normalized spacial score (nSPS) is 15.5. The van der Waals surface area contributed by atoms with Crippen molar-refractivity contribution in [3.8, 4) is 0 Å². The minimum absolute atomic E-state index is 0.0706. The van der Waals surface area contributed by atoms with Crippen LogP contribution >= 0.6 is 0 Å². The van der Waals surface area contributed by atoms with Gasteiger partial charge in [-0.05, 0) is 0 Å². The molecule has 0 radical (unpaired) electrons. The van der Waals surface area contributed by atoms with Crippen LogP contribution in [0.2, 0.25) is 0 Å². The molecule has 0 saturated carbocycles. The quantitative estimate of drug-likeness (QED) is 0.0788. The van der Waals surface area contributed by atoms with E-state index in [-0.39, 0.29) is 38.5 Å². The summed E-state index contributed by atoms with van der Waals surface area (Å²) in [5.74, 6) is -32.3. The summed E-state index contributed by atoms with van der Waals surface area (Å²) in [6, 6.07) is 0. The predicted molar refractivity (Wildman–Crippen MR) is 108 cm³/mol. The molecule has 0 rings (SSSR count). The molecule has 0 spiro atoms. The van der Waals surface area contributed by atoms with Crippen molar-refractivity contribution in [2.45, 2.75) is 109 Å². The molecule has 21 heteroatoms. The predicted octanol–water partition coefficient (Wildman–Crippen LogP) is 9.64. The van der Waals surface area contributed by atoms with Gasteiger partial charge in [0.05, 0.1) is 0 Å². The Morgan fingerprint density at radius 1 is 0.390 bits per heavy atom. The third kappa shape index (κ3) is 7.24. The Labute approximate surface area is 227 Å². The van der Waals surface area contributed by atoms with E-state index in [0.29, 0.717) is 0 Å². The Hall–Kier alpha value is -0.541. The molecule has 0 aliphatic rings. The van der Waals surface area contributed by atoms with Gasteiger partial charge in [0.15, 0.2) is 0 Å². The number of halogens is 18. The molecule has 0 atom stereocenters. The number of hydrogen-bond donors (Lipinski definition) is 0. The van der Waals surface area contributed by atoms with Gasteiger partial charge >= 0.3 is 227 Å². The second-order valence-corrected chi connectivity index (χ2v) is 17.6. The van der Waals surface area contributed by atoms with Crippen molar-refractivity contribution < 1.29 is 85.2 Å². The zero-order valence-corrected chi connectivity index (χ0v) is 24.0. The van der Waals surface area contributed by atoms with E-state index in [1.165, 1.54) is 13.8 Å². The van der Waals surface area contributed by atoms with Crippen molar-refractivity contribution >= 4 is 19.2 Å². The number of rotatable bonds is 18. The molecule has 0 bridgehead atoms. The van der Waals surface area contributed by atoms with E-state index < -0.39 is 89.2 Å². The van der Waals surface area contributed by atoms with E-state index in [4.69, 9.17) is 0 Å². The average Bonchev–Trinajstić information content (AvgIpc) is 2.80. The van der Waals surface area contributed by atoms with Gasteiger partial charge in [0, 0.05) is 0 Å². The van der Waals surface area contributed by atoms with Gasteiger partial charge in [-0.25, -0.2) is 0 Å². The van der Waals surface area contributed by atoms with Crippen molar-refractivity contribution in [2.75, 3.05) is 13.2 Å². The molecule has 0 aromatic rings. The molecule has 248 valence electrons. The van der Waals surface area contributed by atoms with E-state index in [0.717, 1.165) is 0 Å². The van der Waals surface area contributed by atoms with E-state index in [2.05, 4.69) is 6.15 Å². The van der Waals surface area contributed by atoms with Crippen molar-refractivity contribution in [3.63, 3.8) is 0 Å². The van der Waals surface area contributed by atoms with Gasteiger partial charge in [0.2, 0.25) is 0 Å². The Morgan fingerprint density at radius 2 is 0.659 bits per heavy atom. The van der Waals surface area contributed by atoms with E-state index in [1.54, 1.807) is 0 Å². The van der Waals surface area contributed by atoms with Crippen molar-refractivity contribution in [3.05, 3.63) is 0 Å². The first-order chi connectivity index (χ1) is 18.1. The SMILES string of the molecule is CCCCCC[O][Sn]([O]CCCCCC)([C](F)(F)C(F)(F)C(F)(F)C(F)(F)F)[C](F)(F)C(F)(F)C(F)(F)C(F)(F)F. The van der Waals surface area contributed by atoms with Crippen molar-refractivity contribution in [2.24, 2.45) is 0 Å². The summed E-state index contributed by atoms with van der Waals surface area (Å²) in [5, 5.41) is 0. The van der Waals surface area contributed by atoms with Crippen LogP contribution in [0.5, 0.6) is 0 Å². The van der Waals surface area contributed by atoms with Crippen LogP contribution in [0, 0.1) is 0 Å². The first kappa shape index (κ1) is 40.5. The van der Waals surface area contributed by atoms with E-state index >= 15 is 17.6 Å². The molecule has 0 saturated heterocycles. The summed E-state index contributed by atoms with van der Waals surface area (Å²) in [6.07, 6.45) is -17.0. The Balaban J connectivity index is 7.60. The topological polar surface area (TPSA) is 18.5 Å².